The van der Waals surface area contributed by atoms with Crippen LogP contribution in [0.1, 0.15) is 5.56 Å². The van der Waals surface area contributed by atoms with Gasteiger partial charge < -0.3 is 9.52 Å². The van der Waals surface area contributed by atoms with Gasteiger partial charge in [-0.3, -0.25) is 0 Å². The van der Waals surface area contributed by atoms with Crippen molar-refractivity contribution in [3.8, 4) is 17.1 Å². The van der Waals surface area contributed by atoms with Crippen molar-refractivity contribution in [2.45, 2.75) is 6.18 Å². The molecule has 0 atom stereocenters. The lowest BCUT2D eigenvalue weighted by atomic mass is 10.1. The van der Waals surface area contributed by atoms with Gasteiger partial charge in [-0.25, -0.2) is 0 Å². The van der Waals surface area contributed by atoms with Crippen LogP contribution in [0.2, 0.25) is 0 Å². The number of benzene rings is 2. The molecule has 122 valence electrons. The molecule has 24 heavy (non-hydrogen) atoms. The second-order valence-electron chi connectivity index (χ2n) is 5.10. The maximum absolute atomic E-state index is 13.1. The molecule has 0 unspecified atom stereocenters. The third-order valence-corrected chi connectivity index (χ3v) is 3.53. The Bertz CT molecular complexity index is 897. The molecular weight excluding hydrogens is 319 g/mol. The number of hydrogen-bond acceptors (Lipinski definition) is 2. The van der Waals surface area contributed by atoms with Gasteiger partial charge in [0.25, 0.3) is 5.69 Å². The highest BCUT2D eigenvalue weighted by Gasteiger charge is 2.34. The van der Waals surface area contributed by atoms with Gasteiger partial charge in [-0.2, -0.15) is 13.2 Å². The van der Waals surface area contributed by atoms with E-state index in [1.54, 1.807) is 18.2 Å². The summed E-state index contributed by atoms with van der Waals surface area (Å²) >= 11 is 0. The van der Waals surface area contributed by atoms with Gasteiger partial charge in [0.1, 0.15) is 12.5 Å². The van der Waals surface area contributed by atoms with E-state index < -0.39 is 11.7 Å². The zero-order valence-corrected chi connectivity index (χ0v) is 12.4. The van der Waals surface area contributed by atoms with Crippen molar-refractivity contribution in [2.24, 2.45) is 0 Å². The first-order chi connectivity index (χ1) is 11.4. The molecule has 3 nitrogen and oxygen atoms in total. The molecule has 0 aliphatic rings. The summed E-state index contributed by atoms with van der Waals surface area (Å²) in [5.74, 6) is 0.270. The SMILES string of the molecule is C=[N+](c1ccc(-c2ccccc2C(F)(F)F)o1)c1ccccc1O. The fraction of sp³-hybridized carbons (Fsp3) is 0.0556. The number of phenols is 1. The molecule has 0 bridgehead atoms. The molecule has 0 aliphatic heterocycles. The monoisotopic (exact) mass is 332 g/mol. The minimum absolute atomic E-state index is 0.0128. The number of halogens is 3. The van der Waals surface area contributed by atoms with E-state index in [-0.39, 0.29) is 23.0 Å². The van der Waals surface area contributed by atoms with Crippen LogP contribution < -0.4 is 4.58 Å². The number of para-hydroxylation sites is 2. The normalized spacial score (nSPS) is 11.5. The summed E-state index contributed by atoms with van der Waals surface area (Å²) in [6, 6.07) is 14.6. The molecule has 6 heteroatoms. The Kier molecular flexibility index (Phi) is 3.89. The Morgan fingerprint density at radius 1 is 0.917 bits per heavy atom. The molecular formula is C18H13F3NO2+. The highest BCUT2D eigenvalue weighted by molar-refractivity contribution is 5.67. The van der Waals surface area contributed by atoms with Crippen molar-refractivity contribution in [3.63, 3.8) is 0 Å². The van der Waals surface area contributed by atoms with Crippen molar-refractivity contribution < 1.29 is 22.7 Å². The van der Waals surface area contributed by atoms with E-state index in [9.17, 15) is 18.3 Å². The third-order valence-electron chi connectivity index (χ3n) is 3.53. The van der Waals surface area contributed by atoms with Crippen molar-refractivity contribution in [1.82, 2.24) is 4.58 Å². The second kappa shape index (κ2) is 5.88. The average molecular weight is 332 g/mol. The molecule has 1 N–H and O–H groups in total. The fourth-order valence-corrected chi connectivity index (χ4v) is 2.37. The Labute approximate surface area is 135 Å². The van der Waals surface area contributed by atoms with Crippen molar-refractivity contribution >= 4 is 18.3 Å². The predicted molar refractivity (Wildman–Crippen MR) is 85.8 cm³/mol. The maximum atomic E-state index is 13.1. The van der Waals surface area contributed by atoms with E-state index in [0.29, 0.717) is 5.69 Å². The lowest BCUT2D eigenvalue weighted by Gasteiger charge is -2.10. The van der Waals surface area contributed by atoms with Gasteiger partial charge in [0.05, 0.1) is 11.6 Å². The van der Waals surface area contributed by atoms with Crippen molar-refractivity contribution in [2.75, 3.05) is 0 Å². The molecule has 1 heterocycles. The quantitative estimate of drug-likeness (QED) is 0.528. The summed E-state index contributed by atoms with van der Waals surface area (Å²) < 4.78 is 46.2. The van der Waals surface area contributed by atoms with Crippen LogP contribution in [0, 0.1) is 0 Å². The number of nitrogens with zero attached hydrogens (tertiary/aromatic N) is 1. The first-order valence-electron chi connectivity index (χ1n) is 7.03. The first kappa shape index (κ1) is 15.9. The van der Waals surface area contributed by atoms with Gasteiger partial charge in [-0.05, 0) is 18.2 Å². The number of alkyl halides is 3. The number of furan rings is 1. The largest absolute Gasteiger partial charge is 0.502 e. The second-order valence-corrected chi connectivity index (χ2v) is 5.10. The van der Waals surface area contributed by atoms with Crippen molar-refractivity contribution in [3.05, 3.63) is 66.2 Å². The molecule has 0 saturated carbocycles. The standard InChI is InChI=1S/C18H12F3NO2/c1-22(14-8-4-5-9-15(14)23)17-11-10-16(24-17)12-6-2-3-7-13(12)18(19,20)21/h2-11H,1H2/p+1. The third kappa shape index (κ3) is 2.90. The molecule has 1 aromatic heterocycles. The fourth-order valence-electron chi connectivity index (χ4n) is 2.37. The molecule has 0 amide bonds. The predicted octanol–water partition coefficient (Wildman–Crippen LogP) is 5.21. The Balaban J connectivity index is 2.01. The van der Waals surface area contributed by atoms with E-state index in [1.165, 1.54) is 41.0 Å². The zero-order chi connectivity index (χ0) is 17.3. The van der Waals surface area contributed by atoms with Crippen molar-refractivity contribution in [1.29, 1.82) is 0 Å². The summed E-state index contributed by atoms with van der Waals surface area (Å²) in [7, 11) is 0. The summed E-state index contributed by atoms with van der Waals surface area (Å²) in [4.78, 5) is 0. The van der Waals surface area contributed by atoms with E-state index in [1.807, 2.05) is 0 Å². The number of phenolic OH excluding ortho intramolecular Hbond substituents is 1. The molecule has 0 spiro atoms. The van der Waals surface area contributed by atoms with Gasteiger partial charge in [-0.1, -0.05) is 30.3 Å². The topological polar surface area (TPSA) is 36.4 Å². The zero-order valence-electron chi connectivity index (χ0n) is 12.4. The van der Waals surface area contributed by atoms with Gasteiger partial charge in [0.2, 0.25) is 0 Å². The summed E-state index contributed by atoms with van der Waals surface area (Å²) in [5, 5.41) is 9.84. The summed E-state index contributed by atoms with van der Waals surface area (Å²) in [5.41, 5.74) is -0.450. The number of rotatable bonds is 3. The van der Waals surface area contributed by atoms with Gasteiger partial charge >= 0.3 is 12.1 Å². The van der Waals surface area contributed by atoms with Gasteiger partial charge in [0, 0.05) is 11.6 Å². The van der Waals surface area contributed by atoms with Crippen LogP contribution in [0.15, 0.2) is 65.1 Å². The Morgan fingerprint density at radius 3 is 2.29 bits per heavy atom. The van der Waals surface area contributed by atoms with Crippen LogP contribution in [0.4, 0.5) is 24.7 Å². The minimum atomic E-state index is -4.48. The molecule has 0 radical (unpaired) electrons. The molecule has 0 saturated heterocycles. The summed E-state index contributed by atoms with van der Waals surface area (Å²) in [6.07, 6.45) is -4.48. The number of aromatic hydroxyl groups is 1. The smallest absolute Gasteiger partial charge is 0.417 e. The van der Waals surface area contributed by atoms with Crippen LogP contribution in [0.5, 0.6) is 5.75 Å². The van der Waals surface area contributed by atoms with Crippen LogP contribution in [0.25, 0.3) is 11.3 Å². The van der Waals surface area contributed by atoms with Crippen LogP contribution in [-0.4, -0.2) is 11.8 Å². The van der Waals surface area contributed by atoms with E-state index in [0.717, 1.165) is 6.07 Å². The number of hydrogen-bond donors (Lipinski definition) is 1. The molecule has 0 aliphatic carbocycles. The highest BCUT2D eigenvalue weighted by atomic mass is 19.4. The lowest BCUT2D eigenvalue weighted by Crippen LogP contribution is -2.06. The lowest BCUT2D eigenvalue weighted by molar-refractivity contribution is -0.137. The molecule has 0 fully saturated rings. The van der Waals surface area contributed by atoms with Crippen LogP contribution >= 0.6 is 0 Å². The van der Waals surface area contributed by atoms with E-state index in [4.69, 9.17) is 4.42 Å². The van der Waals surface area contributed by atoms with Crippen LogP contribution in [-0.2, 0) is 6.18 Å². The van der Waals surface area contributed by atoms with Gasteiger partial charge in [-0.15, -0.1) is 4.58 Å². The maximum Gasteiger partial charge on any atom is 0.417 e. The minimum Gasteiger partial charge on any atom is -0.502 e. The Hall–Kier alpha value is -3.02. The highest BCUT2D eigenvalue weighted by Crippen LogP contribution is 2.39. The van der Waals surface area contributed by atoms with E-state index in [2.05, 4.69) is 6.72 Å². The molecule has 3 aromatic rings. The van der Waals surface area contributed by atoms with E-state index >= 15 is 0 Å². The molecule has 3 rings (SSSR count). The Morgan fingerprint density at radius 2 is 1.58 bits per heavy atom. The average Bonchev–Trinajstić information content (AvgIpc) is 3.04. The van der Waals surface area contributed by atoms with Crippen LogP contribution in [0.3, 0.4) is 0 Å². The molecule has 2 aromatic carbocycles. The first-order valence-corrected chi connectivity index (χ1v) is 7.03. The summed E-state index contributed by atoms with van der Waals surface area (Å²) in [6.45, 7) is 3.77. The van der Waals surface area contributed by atoms with Gasteiger partial charge in [0.15, 0.2) is 5.75 Å².